The predicted molar refractivity (Wildman–Crippen MR) is 85.5 cm³/mol. The standard InChI is InChI=1S/C15H20ClNO4S/c1-11-7-17(8-12(2)21-11)15(18)10-22(19,20)9-13-5-3-4-6-14(13)16/h3-6,11-12H,7-10H2,1-2H3. The van der Waals surface area contributed by atoms with E-state index in [0.29, 0.717) is 23.7 Å². The number of hydrogen-bond acceptors (Lipinski definition) is 4. The molecule has 0 aliphatic carbocycles. The Morgan fingerprint density at radius 3 is 2.45 bits per heavy atom. The molecule has 2 rings (SSSR count). The molecule has 7 heteroatoms. The van der Waals surface area contributed by atoms with Gasteiger partial charge >= 0.3 is 0 Å². The Morgan fingerprint density at radius 2 is 1.86 bits per heavy atom. The van der Waals surface area contributed by atoms with Crippen molar-refractivity contribution < 1.29 is 17.9 Å². The zero-order valence-corrected chi connectivity index (χ0v) is 14.2. The van der Waals surface area contributed by atoms with Gasteiger partial charge < -0.3 is 9.64 Å². The third-order valence-electron chi connectivity index (χ3n) is 3.45. The largest absolute Gasteiger partial charge is 0.372 e. The highest BCUT2D eigenvalue weighted by molar-refractivity contribution is 7.91. The summed E-state index contributed by atoms with van der Waals surface area (Å²) in [6.45, 7) is 4.58. The molecule has 0 spiro atoms. The Hall–Kier alpha value is -1.11. The zero-order chi connectivity index (χ0) is 16.3. The monoisotopic (exact) mass is 345 g/mol. The van der Waals surface area contributed by atoms with Crippen molar-refractivity contribution in [1.29, 1.82) is 0 Å². The van der Waals surface area contributed by atoms with E-state index < -0.39 is 15.6 Å². The SMILES string of the molecule is CC1CN(C(=O)CS(=O)(=O)Cc2ccccc2Cl)CC(C)O1. The van der Waals surface area contributed by atoms with Gasteiger partial charge in [-0.25, -0.2) is 8.42 Å². The third kappa shape index (κ3) is 4.69. The molecule has 1 aromatic rings. The Kier molecular flexibility index (Phi) is 5.47. The van der Waals surface area contributed by atoms with Crippen molar-refractivity contribution in [3.63, 3.8) is 0 Å². The zero-order valence-electron chi connectivity index (χ0n) is 12.7. The lowest BCUT2D eigenvalue weighted by atomic mass is 10.2. The summed E-state index contributed by atoms with van der Waals surface area (Å²) in [4.78, 5) is 13.8. The fourth-order valence-electron chi connectivity index (χ4n) is 2.56. The van der Waals surface area contributed by atoms with E-state index >= 15 is 0 Å². The van der Waals surface area contributed by atoms with E-state index in [9.17, 15) is 13.2 Å². The van der Waals surface area contributed by atoms with Crippen LogP contribution in [0.5, 0.6) is 0 Å². The van der Waals surface area contributed by atoms with Crippen LogP contribution in [0, 0.1) is 0 Å². The van der Waals surface area contributed by atoms with E-state index in [0.717, 1.165) is 0 Å². The van der Waals surface area contributed by atoms with Crippen LogP contribution in [-0.2, 0) is 25.1 Å². The van der Waals surface area contributed by atoms with Crippen LogP contribution in [0.2, 0.25) is 5.02 Å². The van der Waals surface area contributed by atoms with Crippen molar-refractivity contribution in [3.8, 4) is 0 Å². The number of carbonyl (C=O) groups is 1. The molecule has 1 fully saturated rings. The fraction of sp³-hybridized carbons (Fsp3) is 0.533. The summed E-state index contributed by atoms with van der Waals surface area (Å²) in [5, 5.41) is 0.396. The first-order valence-electron chi connectivity index (χ1n) is 7.14. The van der Waals surface area contributed by atoms with Crippen LogP contribution in [0.4, 0.5) is 0 Å². The van der Waals surface area contributed by atoms with Crippen molar-refractivity contribution in [2.75, 3.05) is 18.8 Å². The Bertz CT molecular complexity index is 637. The summed E-state index contributed by atoms with van der Waals surface area (Å²) in [6.07, 6.45) is -0.169. The minimum absolute atomic E-state index is 0.0843. The number of hydrogen-bond donors (Lipinski definition) is 0. The molecule has 0 saturated carbocycles. The average molecular weight is 346 g/mol. The number of carbonyl (C=O) groups excluding carboxylic acids is 1. The Balaban J connectivity index is 2.02. The molecule has 2 atom stereocenters. The smallest absolute Gasteiger partial charge is 0.237 e. The maximum absolute atomic E-state index is 12.2. The summed E-state index contributed by atoms with van der Waals surface area (Å²) >= 11 is 5.98. The van der Waals surface area contributed by atoms with Gasteiger partial charge in [-0.3, -0.25) is 4.79 Å². The van der Waals surface area contributed by atoms with Gasteiger partial charge in [0.15, 0.2) is 9.84 Å². The highest BCUT2D eigenvalue weighted by Gasteiger charge is 2.29. The first-order valence-corrected chi connectivity index (χ1v) is 9.34. The summed E-state index contributed by atoms with van der Waals surface area (Å²) in [5.74, 6) is -1.11. The van der Waals surface area contributed by atoms with Gasteiger partial charge in [-0.15, -0.1) is 0 Å². The van der Waals surface area contributed by atoms with Gasteiger partial charge in [0.2, 0.25) is 5.91 Å². The highest BCUT2D eigenvalue weighted by Crippen LogP contribution is 2.18. The third-order valence-corrected chi connectivity index (χ3v) is 5.26. The van der Waals surface area contributed by atoms with Gasteiger partial charge in [-0.1, -0.05) is 29.8 Å². The summed E-state index contributed by atoms with van der Waals surface area (Å²) in [6, 6.07) is 6.76. The second-order valence-electron chi connectivity index (χ2n) is 5.68. The lowest BCUT2D eigenvalue weighted by Crippen LogP contribution is -2.49. The van der Waals surface area contributed by atoms with E-state index in [2.05, 4.69) is 0 Å². The number of sulfone groups is 1. The molecule has 0 N–H and O–H groups in total. The van der Waals surface area contributed by atoms with Crippen LogP contribution in [0.1, 0.15) is 19.4 Å². The molecule has 0 aromatic heterocycles. The molecular weight excluding hydrogens is 326 g/mol. The van der Waals surface area contributed by atoms with E-state index in [1.807, 2.05) is 13.8 Å². The van der Waals surface area contributed by atoms with Gasteiger partial charge in [0, 0.05) is 18.1 Å². The van der Waals surface area contributed by atoms with Gasteiger partial charge in [0.25, 0.3) is 0 Å². The van der Waals surface area contributed by atoms with Gasteiger partial charge in [-0.05, 0) is 25.5 Å². The van der Waals surface area contributed by atoms with Crippen molar-refractivity contribution in [1.82, 2.24) is 4.90 Å². The lowest BCUT2D eigenvalue weighted by Gasteiger charge is -2.35. The number of benzene rings is 1. The lowest BCUT2D eigenvalue weighted by molar-refractivity contribution is -0.140. The van der Waals surface area contributed by atoms with E-state index in [1.54, 1.807) is 29.2 Å². The normalized spacial score (nSPS) is 22.6. The van der Waals surface area contributed by atoms with Crippen LogP contribution in [-0.4, -0.2) is 50.3 Å². The van der Waals surface area contributed by atoms with Crippen LogP contribution < -0.4 is 0 Å². The van der Waals surface area contributed by atoms with E-state index in [1.165, 1.54) is 0 Å². The predicted octanol–water partition coefficient (Wildman–Crippen LogP) is 1.89. The molecule has 0 bridgehead atoms. The van der Waals surface area contributed by atoms with Crippen molar-refractivity contribution >= 4 is 27.3 Å². The number of ether oxygens (including phenoxy) is 1. The molecule has 1 aromatic carbocycles. The van der Waals surface area contributed by atoms with Crippen LogP contribution >= 0.6 is 11.6 Å². The maximum atomic E-state index is 12.2. The Labute approximate surface area is 136 Å². The first kappa shape index (κ1) is 17.2. The number of nitrogens with zero attached hydrogens (tertiary/aromatic N) is 1. The van der Waals surface area contributed by atoms with E-state index in [4.69, 9.17) is 16.3 Å². The molecule has 1 heterocycles. The van der Waals surface area contributed by atoms with E-state index in [-0.39, 0.29) is 23.9 Å². The van der Waals surface area contributed by atoms with Gasteiger partial charge in [0.05, 0.1) is 18.0 Å². The number of halogens is 1. The number of rotatable bonds is 4. The Morgan fingerprint density at radius 1 is 1.27 bits per heavy atom. The van der Waals surface area contributed by atoms with Crippen molar-refractivity contribution in [2.24, 2.45) is 0 Å². The molecule has 122 valence electrons. The first-order chi connectivity index (χ1) is 10.3. The van der Waals surface area contributed by atoms with Crippen LogP contribution in [0.25, 0.3) is 0 Å². The van der Waals surface area contributed by atoms with Crippen molar-refractivity contribution in [2.45, 2.75) is 31.8 Å². The quantitative estimate of drug-likeness (QED) is 0.836. The second kappa shape index (κ2) is 6.98. The number of amides is 1. The second-order valence-corrected chi connectivity index (χ2v) is 8.15. The molecule has 1 aliphatic rings. The molecule has 22 heavy (non-hydrogen) atoms. The number of morpholine rings is 1. The summed E-state index contributed by atoms with van der Waals surface area (Å²) in [5.41, 5.74) is 0.515. The topological polar surface area (TPSA) is 63.7 Å². The minimum Gasteiger partial charge on any atom is -0.372 e. The fourth-order valence-corrected chi connectivity index (χ4v) is 4.23. The average Bonchev–Trinajstić information content (AvgIpc) is 2.39. The molecule has 2 unspecified atom stereocenters. The molecular formula is C15H20ClNO4S. The minimum atomic E-state index is -3.56. The molecule has 1 saturated heterocycles. The maximum Gasteiger partial charge on any atom is 0.237 e. The van der Waals surface area contributed by atoms with Crippen LogP contribution in [0.15, 0.2) is 24.3 Å². The molecule has 0 radical (unpaired) electrons. The van der Waals surface area contributed by atoms with Gasteiger partial charge in [-0.2, -0.15) is 0 Å². The highest BCUT2D eigenvalue weighted by atomic mass is 35.5. The summed E-state index contributed by atoms with van der Waals surface area (Å²) in [7, 11) is -3.56. The van der Waals surface area contributed by atoms with Gasteiger partial charge in [0.1, 0.15) is 5.75 Å². The molecule has 1 amide bonds. The van der Waals surface area contributed by atoms with Crippen molar-refractivity contribution in [3.05, 3.63) is 34.9 Å². The molecule has 1 aliphatic heterocycles. The summed E-state index contributed by atoms with van der Waals surface area (Å²) < 4.78 is 30.0. The molecule has 5 nitrogen and oxygen atoms in total. The van der Waals surface area contributed by atoms with Crippen LogP contribution in [0.3, 0.4) is 0 Å².